The first-order valence-electron chi connectivity index (χ1n) is 9.93. The summed E-state index contributed by atoms with van der Waals surface area (Å²) < 4.78 is 49.2. The van der Waals surface area contributed by atoms with Gasteiger partial charge in [-0.2, -0.15) is 13.2 Å². The molecule has 3 N–H and O–H groups in total. The average Bonchev–Trinajstić information content (AvgIpc) is 2.76. The molecule has 2 aromatic carbocycles. The van der Waals surface area contributed by atoms with Crippen molar-refractivity contribution in [1.82, 2.24) is 4.90 Å². The number of nitrogens with two attached hydrogens (primary N) is 1. The van der Waals surface area contributed by atoms with E-state index in [1.165, 1.54) is 19.2 Å². The molecule has 0 heterocycles. The summed E-state index contributed by atoms with van der Waals surface area (Å²) in [7, 11) is 3.09. The van der Waals surface area contributed by atoms with E-state index in [1.807, 2.05) is 13.8 Å². The maximum atomic E-state index is 12.9. The molecule has 0 aliphatic carbocycles. The number of nitrogens with one attached hydrogen (secondary N) is 1. The minimum Gasteiger partial charge on any atom is -0.493 e. The molecule has 6 nitrogen and oxygen atoms in total. The number of methoxy groups -OCH3 is 2. The summed E-state index contributed by atoms with van der Waals surface area (Å²) in [6, 6.07) is 10.2. The van der Waals surface area contributed by atoms with Gasteiger partial charge in [0, 0.05) is 11.8 Å². The summed E-state index contributed by atoms with van der Waals surface area (Å²) >= 11 is 0. The Bertz CT molecular complexity index is 866. The first kappa shape index (κ1) is 24.3. The van der Waals surface area contributed by atoms with E-state index < -0.39 is 11.7 Å². The smallest absolute Gasteiger partial charge is 0.416 e. The average molecular weight is 438 g/mol. The summed E-state index contributed by atoms with van der Waals surface area (Å²) in [5.41, 5.74) is 6.81. The number of anilines is 1. The third-order valence-corrected chi connectivity index (χ3v) is 4.97. The van der Waals surface area contributed by atoms with Crippen molar-refractivity contribution in [3.63, 3.8) is 0 Å². The molecule has 0 aliphatic heterocycles. The molecule has 0 spiro atoms. The monoisotopic (exact) mass is 438 g/mol. The second-order valence-corrected chi connectivity index (χ2v) is 6.78. The molecule has 0 fully saturated rings. The van der Waals surface area contributed by atoms with Crippen LogP contribution in [0.4, 0.5) is 18.9 Å². The highest BCUT2D eigenvalue weighted by atomic mass is 19.4. The van der Waals surface area contributed by atoms with E-state index in [9.17, 15) is 13.2 Å². The number of benzene rings is 2. The van der Waals surface area contributed by atoms with Crippen LogP contribution in [0.15, 0.2) is 47.5 Å². The number of alkyl halides is 3. The number of hydrogen-bond acceptors (Lipinski definition) is 4. The van der Waals surface area contributed by atoms with Gasteiger partial charge in [0.25, 0.3) is 0 Å². The summed E-state index contributed by atoms with van der Waals surface area (Å²) in [6.07, 6.45) is -4.37. The first-order valence-corrected chi connectivity index (χ1v) is 9.93. The van der Waals surface area contributed by atoms with Gasteiger partial charge in [0.15, 0.2) is 17.5 Å². The van der Waals surface area contributed by atoms with Crippen molar-refractivity contribution < 1.29 is 22.6 Å². The molecule has 0 bridgehead atoms. The van der Waals surface area contributed by atoms with Crippen LogP contribution in [-0.2, 0) is 6.18 Å². The maximum absolute atomic E-state index is 12.9. The van der Waals surface area contributed by atoms with Gasteiger partial charge >= 0.3 is 6.18 Å². The van der Waals surface area contributed by atoms with Crippen LogP contribution >= 0.6 is 0 Å². The van der Waals surface area contributed by atoms with Gasteiger partial charge in [0.05, 0.1) is 32.4 Å². The Hall–Kier alpha value is -2.94. The van der Waals surface area contributed by atoms with Crippen LogP contribution in [-0.4, -0.2) is 44.7 Å². The first-order chi connectivity index (χ1) is 14.7. The molecule has 2 aromatic rings. The van der Waals surface area contributed by atoms with Gasteiger partial charge in [0.1, 0.15) is 0 Å². The van der Waals surface area contributed by atoms with Crippen LogP contribution in [0.2, 0.25) is 0 Å². The summed E-state index contributed by atoms with van der Waals surface area (Å²) in [4.78, 5) is 6.55. The van der Waals surface area contributed by atoms with E-state index in [2.05, 4.69) is 15.2 Å². The van der Waals surface area contributed by atoms with E-state index in [0.717, 1.165) is 30.8 Å². The number of likely N-dealkylation sites (N-methyl/N-ethyl adjacent to an activating group) is 1. The molecule has 0 saturated carbocycles. The largest absolute Gasteiger partial charge is 0.493 e. The van der Waals surface area contributed by atoms with E-state index in [0.29, 0.717) is 23.7 Å². The van der Waals surface area contributed by atoms with Crippen molar-refractivity contribution in [2.75, 3.05) is 39.2 Å². The fourth-order valence-corrected chi connectivity index (χ4v) is 3.28. The van der Waals surface area contributed by atoms with Crippen LogP contribution in [0.5, 0.6) is 11.5 Å². The molecule has 0 aromatic heterocycles. The van der Waals surface area contributed by atoms with Gasteiger partial charge in [-0.25, -0.2) is 0 Å². The van der Waals surface area contributed by atoms with Crippen molar-refractivity contribution in [3.8, 4) is 11.5 Å². The van der Waals surface area contributed by atoms with E-state index in [1.54, 1.807) is 25.3 Å². The molecule has 0 amide bonds. The van der Waals surface area contributed by atoms with Gasteiger partial charge in [-0.3, -0.25) is 9.89 Å². The van der Waals surface area contributed by atoms with Crippen LogP contribution in [0.25, 0.3) is 0 Å². The molecule has 1 unspecified atom stereocenters. The highest BCUT2D eigenvalue weighted by Crippen LogP contribution is 2.31. The number of halogens is 3. The highest BCUT2D eigenvalue weighted by molar-refractivity contribution is 5.92. The molecular weight excluding hydrogens is 409 g/mol. The normalized spacial score (nSPS) is 13.2. The number of hydrogen-bond donors (Lipinski definition) is 2. The maximum Gasteiger partial charge on any atom is 0.416 e. The summed E-state index contributed by atoms with van der Waals surface area (Å²) in [6.45, 7) is 5.73. The van der Waals surface area contributed by atoms with Crippen molar-refractivity contribution in [1.29, 1.82) is 0 Å². The van der Waals surface area contributed by atoms with Gasteiger partial charge in [-0.05, 0) is 42.9 Å². The Balaban J connectivity index is 2.20. The lowest BCUT2D eigenvalue weighted by atomic mass is 10.0. The molecule has 170 valence electrons. The predicted octanol–water partition coefficient (Wildman–Crippen LogP) is 4.53. The molecular formula is C22H29F3N4O2. The quantitative estimate of drug-likeness (QED) is 0.445. The van der Waals surface area contributed by atoms with Gasteiger partial charge in [0.2, 0.25) is 0 Å². The van der Waals surface area contributed by atoms with Crippen LogP contribution in [0.3, 0.4) is 0 Å². The van der Waals surface area contributed by atoms with Crippen molar-refractivity contribution in [3.05, 3.63) is 53.6 Å². The second kappa shape index (κ2) is 10.9. The lowest BCUT2D eigenvalue weighted by Gasteiger charge is -2.29. The molecule has 1 atom stereocenters. The minimum absolute atomic E-state index is 0.191. The molecule has 0 aliphatic rings. The Morgan fingerprint density at radius 3 is 2.16 bits per heavy atom. The fourth-order valence-electron chi connectivity index (χ4n) is 3.28. The molecule has 0 radical (unpaired) electrons. The third kappa shape index (κ3) is 6.52. The SMILES string of the molecule is CCN(CC)C(CN=C(N)Nc1ccc(OC)c(OC)c1)c1ccc(C(F)(F)F)cc1. The van der Waals surface area contributed by atoms with Gasteiger partial charge < -0.3 is 20.5 Å². The Morgan fingerprint density at radius 1 is 1.03 bits per heavy atom. The molecule has 0 saturated heterocycles. The molecule has 31 heavy (non-hydrogen) atoms. The van der Waals surface area contributed by atoms with E-state index in [4.69, 9.17) is 15.2 Å². The Kier molecular flexibility index (Phi) is 8.56. The summed E-state index contributed by atoms with van der Waals surface area (Å²) in [5, 5.41) is 3.00. The predicted molar refractivity (Wildman–Crippen MR) is 117 cm³/mol. The van der Waals surface area contributed by atoms with E-state index in [-0.39, 0.29) is 12.0 Å². The molecule has 2 rings (SSSR count). The fraction of sp³-hybridized carbons (Fsp3) is 0.409. The second-order valence-electron chi connectivity index (χ2n) is 6.78. The number of ether oxygens (including phenoxy) is 2. The third-order valence-electron chi connectivity index (χ3n) is 4.97. The number of guanidine groups is 1. The van der Waals surface area contributed by atoms with Crippen molar-refractivity contribution >= 4 is 11.6 Å². The van der Waals surface area contributed by atoms with Crippen molar-refractivity contribution in [2.24, 2.45) is 10.7 Å². The lowest BCUT2D eigenvalue weighted by Crippen LogP contribution is -2.32. The van der Waals surface area contributed by atoms with Crippen LogP contribution in [0, 0.1) is 0 Å². The molecule has 9 heteroatoms. The highest BCUT2D eigenvalue weighted by Gasteiger charge is 2.30. The van der Waals surface area contributed by atoms with E-state index >= 15 is 0 Å². The number of nitrogens with zero attached hydrogens (tertiary/aromatic N) is 2. The Morgan fingerprint density at radius 2 is 1.65 bits per heavy atom. The van der Waals surface area contributed by atoms with Crippen LogP contribution < -0.4 is 20.5 Å². The summed E-state index contributed by atoms with van der Waals surface area (Å²) in [5.74, 6) is 1.33. The van der Waals surface area contributed by atoms with Crippen molar-refractivity contribution in [2.45, 2.75) is 26.1 Å². The van der Waals surface area contributed by atoms with Gasteiger partial charge in [-0.1, -0.05) is 26.0 Å². The van der Waals surface area contributed by atoms with Crippen LogP contribution in [0.1, 0.15) is 31.0 Å². The zero-order valence-electron chi connectivity index (χ0n) is 18.2. The Labute approximate surface area is 180 Å². The minimum atomic E-state index is -4.37. The zero-order chi connectivity index (χ0) is 23.0. The number of rotatable bonds is 9. The number of aliphatic imine (C=N–C) groups is 1. The lowest BCUT2D eigenvalue weighted by molar-refractivity contribution is -0.137. The standard InChI is InChI=1S/C22H29F3N4O2/c1-5-29(6-2)18(15-7-9-16(10-8-15)22(23,24)25)14-27-21(26)28-17-11-12-19(30-3)20(13-17)31-4/h7-13,18H,5-6,14H2,1-4H3,(H3,26,27,28). The topological polar surface area (TPSA) is 72.1 Å². The van der Waals surface area contributed by atoms with Gasteiger partial charge in [-0.15, -0.1) is 0 Å². The zero-order valence-corrected chi connectivity index (χ0v) is 18.2.